The van der Waals surface area contributed by atoms with Crippen LogP contribution in [0.25, 0.3) is 0 Å². The van der Waals surface area contributed by atoms with Crippen LogP contribution in [0.1, 0.15) is 38.2 Å². The number of halogens is 3. The fourth-order valence-electron chi connectivity index (χ4n) is 5.17. The topological polar surface area (TPSA) is 36.0 Å². The van der Waals surface area contributed by atoms with Crippen molar-refractivity contribution >= 4 is 11.6 Å². The van der Waals surface area contributed by atoms with Crippen molar-refractivity contribution in [3.63, 3.8) is 0 Å². The number of carbonyl (C=O) groups is 1. The maximum Gasteiger partial charge on any atom is 0.416 e. The molecule has 0 spiro atoms. The van der Waals surface area contributed by atoms with Gasteiger partial charge in [-0.25, -0.2) is 0 Å². The van der Waals surface area contributed by atoms with Gasteiger partial charge in [0.25, 0.3) is 0 Å². The van der Waals surface area contributed by atoms with E-state index >= 15 is 0 Å². The smallest absolute Gasteiger partial charge is 0.381 e. The molecule has 1 aromatic carbocycles. The van der Waals surface area contributed by atoms with Crippen LogP contribution < -0.4 is 4.90 Å². The number of piperidine rings is 1. The Kier molecular flexibility index (Phi) is 7.00. The highest BCUT2D eigenvalue weighted by atomic mass is 19.4. The number of carbonyl (C=O) groups excluding carboxylic acids is 1. The summed E-state index contributed by atoms with van der Waals surface area (Å²) < 4.78 is 44.5. The van der Waals surface area contributed by atoms with E-state index in [9.17, 15) is 18.0 Å². The lowest BCUT2D eigenvalue weighted by molar-refractivity contribution is -0.144. The number of hydrogen-bond acceptors (Lipinski definition) is 4. The molecule has 3 aliphatic heterocycles. The standard InChI is InChI=1S/C24H34F3N3O2/c1-23(7-9-28(10-8-23)18-19-5-15-32-16-6-19)22(31)30-13-11-29(12-14-30)21-4-2-3-20(17-21)24(25,26)27/h2-4,17,19H,5-16,18H2,1H3. The number of amides is 1. The zero-order chi connectivity index (χ0) is 22.8. The van der Waals surface area contributed by atoms with E-state index in [1.54, 1.807) is 6.07 Å². The van der Waals surface area contributed by atoms with Crippen molar-refractivity contribution in [1.29, 1.82) is 0 Å². The third kappa shape index (κ3) is 5.39. The quantitative estimate of drug-likeness (QED) is 0.693. The Morgan fingerprint density at radius 1 is 1.06 bits per heavy atom. The van der Waals surface area contributed by atoms with Crippen LogP contribution in [0.4, 0.5) is 18.9 Å². The average Bonchev–Trinajstić information content (AvgIpc) is 2.80. The Morgan fingerprint density at radius 3 is 2.34 bits per heavy atom. The van der Waals surface area contributed by atoms with Crippen LogP contribution in [-0.2, 0) is 15.7 Å². The average molecular weight is 454 g/mol. The van der Waals surface area contributed by atoms with Gasteiger partial charge >= 0.3 is 6.18 Å². The van der Waals surface area contributed by atoms with Gasteiger partial charge in [0, 0.05) is 57.0 Å². The summed E-state index contributed by atoms with van der Waals surface area (Å²) in [7, 11) is 0. The van der Waals surface area contributed by atoms with Crippen LogP contribution >= 0.6 is 0 Å². The molecule has 3 fully saturated rings. The molecule has 3 aliphatic rings. The van der Waals surface area contributed by atoms with Gasteiger partial charge in [0.15, 0.2) is 0 Å². The highest BCUT2D eigenvalue weighted by Gasteiger charge is 2.40. The van der Waals surface area contributed by atoms with Crippen molar-refractivity contribution in [2.24, 2.45) is 11.3 Å². The van der Waals surface area contributed by atoms with Gasteiger partial charge in [0.05, 0.1) is 5.56 Å². The van der Waals surface area contributed by atoms with E-state index in [0.717, 1.165) is 64.6 Å². The minimum absolute atomic E-state index is 0.201. The third-order valence-corrected chi connectivity index (χ3v) is 7.44. The lowest BCUT2D eigenvalue weighted by Gasteiger charge is -2.44. The maximum atomic E-state index is 13.3. The first-order valence-corrected chi connectivity index (χ1v) is 11.8. The summed E-state index contributed by atoms with van der Waals surface area (Å²) in [5, 5.41) is 0. The largest absolute Gasteiger partial charge is 0.416 e. The molecule has 178 valence electrons. The first-order valence-electron chi connectivity index (χ1n) is 11.8. The Balaban J connectivity index is 1.28. The van der Waals surface area contributed by atoms with E-state index in [4.69, 9.17) is 4.74 Å². The van der Waals surface area contributed by atoms with Crippen LogP contribution in [0.3, 0.4) is 0 Å². The second kappa shape index (κ2) is 9.59. The number of alkyl halides is 3. The normalized spacial score (nSPS) is 23.4. The van der Waals surface area contributed by atoms with Crippen LogP contribution in [-0.4, -0.2) is 74.7 Å². The number of hydrogen-bond donors (Lipinski definition) is 0. The molecular weight excluding hydrogens is 419 g/mol. The van der Waals surface area contributed by atoms with Gasteiger partial charge in [-0.15, -0.1) is 0 Å². The Morgan fingerprint density at radius 2 is 1.72 bits per heavy atom. The molecule has 8 heteroatoms. The molecule has 0 aliphatic carbocycles. The monoisotopic (exact) mass is 453 g/mol. The van der Waals surface area contributed by atoms with Crippen LogP contribution in [0.15, 0.2) is 24.3 Å². The minimum Gasteiger partial charge on any atom is -0.381 e. The van der Waals surface area contributed by atoms with Crippen LogP contribution in [0.2, 0.25) is 0 Å². The molecule has 0 saturated carbocycles. The number of rotatable bonds is 4. The Hall–Kier alpha value is -1.80. The predicted octanol–water partition coefficient (Wildman–Crippen LogP) is 3.88. The van der Waals surface area contributed by atoms with E-state index < -0.39 is 11.7 Å². The fraction of sp³-hybridized carbons (Fsp3) is 0.708. The van der Waals surface area contributed by atoms with Crippen LogP contribution in [0, 0.1) is 11.3 Å². The molecule has 1 aromatic rings. The summed E-state index contributed by atoms with van der Waals surface area (Å²) in [4.78, 5) is 19.7. The summed E-state index contributed by atoms with van der Waals surface area (Å²) in [6, 6.07) is 5.46. The molecule has 3 heterocycles. The number of likely N-dealkylation sites (tertiary alicyclic amines) is 1. The lowest BCUT2D eigenvalue weighted by Crippen LogP contribution is -2.55. The molecule has 1 amide bonds. The Bertz CT molecular complexity index is 779. The van der Waals surface area contributed by atoms with Crippen molar-refractivity contribution in [2.75, 3.05) is 63.9 Å². The molecule has 32 heavy (non-hydrogen) atoms. The molecule has 5 nitrogen and oxygen atoms in total. The van der Waals surface area contributed by atoms with Crippen molar-refractivity contribution in [3.05, 3.63) is 29.8 Å². The molecule has 0 radical (unpaired) electrons. The van der Waals surface area contributed by atoms with Crippen molar-refractivity contribution < 1.29 is 22.7 Å². The number of anilines is 1. The SMILES string of the molecule is CC1(C(=O)N2CCN(c3cccc(C(F)(F)F)c3)CC2)CCN(CC2CCOCC2)CC1. The van der Waals surface area contributed by atoms with Gasteiger partial charge in [-0.3, -0.25) is 4.79 Å². The Labute approximate surface area is 188 Å². The number of ether oxygens (including phenoxy) is 1. The summed E-state index contributed by atoms with van der Waals surface area (Å²) in [5.41, 5.74) is -0.405. The summed E-state index contributed by atoms with van der Waals surface area (Å²) in [5.74, 6) is 0.902. The van der Waals surface area contributed by atoms with E-state index in [2.05, 4.69) is 11.8 Å². The van der Waals surface area contributed by atoms with Crippen LogP contribution in [0.5, 0.6) is 0 Å². The number of nitrogens with zero attached hydrogens (tertiary/aromatic N) is 3. The number of piperazine rings is 1. The summed E-state index contributed by atoms with van der Waals surface area (Å²) in [6.45, 7) is 9.02. The first-order chi connectivity index (χ1) is 15.2. The van der Waals surface area contributed by atoms with Crippen molar-refractivity contribution in [2.45, 2.75) is 38.8 Å². The highest BCUT2D eigenvalue weighted by molar-refractivity contribution is 5.82. The summed E-state index contributed by atoms with van der Waals surface area (Å²) in [6.07, 6.45) is -0.362. The van der Waals surface area contributed by atoms with Gasteiger partial charge in [0.2, 0.25) is 5.91 Å². The first kappa shape index (κ1) is 23.4. The van der Waals surface area contributed by atoms with E-state index in [1.807, 2.05) is 9.80 Å². The molecule has 0 aromatic heterocycles. The molecule has 0 atom stereocenters. The molecule has 0 unspecified atom stereocenters. The van der Waals surface area contributed by atoms with Gasteiger partial charge in [-0.2, -0.15) is 13.2 Å². The van der Waals surface area contributed by atoms with Gasteiger partial charge in [-0.05, 0) is 62.9 Å². The lowest BCUT2D eigenvalue weighted by atomic mass is 9.78. The van der Waals surface area contributed by atoms with Gasteiger partial charge in [0.1, 0.15) is 0 Å². The molecule has 4 rings (SSSR count). The molecule has 0 N–H and O–H groups in total. The van der Waals surface area contributed by atoms with Crippen molar-refractivity contribution in [1.82, 2.24) is 9.80 Å². The van der Waals surface area contributed by atoms with Gasteiger partial charge in [-0.1, -0.05) is 13.0 Å². The number of benzene rings is 1. The maximum absolute atomic E-state index is 13.3. The van der Waals surface area contributed by atoms with E-state index in [-0.39, 0.29) is 11.3 Å². The van der Waals surface area contributed by atoms with Crippen molar-refractivity contribution in [3.8, 4) is 0 Å². The molecular formula is C24H34F3N3O2. The van der Waals surface area contributed by atoms with E-state index in [0.29, 0.717) is 37.8 Å². The highest BCUT2D eigenvalue weighted by Crippen LogP contribution is 2.35. The third-order valence-electron chi connectivity index (χ3n) is 7.44. The molecule has 0 bridgehead atoms. The van der Waals surface area contributed by atoms with E-state index in [1.165, 1.54) is 12.1 Å². The predicted molar refractivity (Wildman–Crippen MR) is 118 cm³/mol. The summed E-state index contributed by atoms with van der Waals surface area (Å²) >= 11 is 0. The zero-order valence-corrected chi connectivity index (χ0v) is 18.9. The fourth-order valence-corrected chi connectivity index (χ4v) is 5.17. The van der Waals surface area contributed by atoms with Gasteiger partial charge < -0.3 is 19.4 Å². The zero-order valence-electron chi connectivity index (χ0n) is 18.9. The minimum atomic E-state index is -4.35. The second-order valence-electron chi connectivity index (χ2n) is 9.74. The second-order valence-corrected chi connectivity index (χ2v) is 9.74. The molecule has 3 saturated heterocycles.